The number of ether oxygens (including phenoxy) is 3. The monoisotopic (exact) mass is 1040 g/mol. The van der Waals surface area contributed by atoms with Crippen molar-refractivity contribution in [3.05, 3.63) is 253 Å². The van der Waals surface area contributed by atoms with E-state index in [1.54, 1.807) is 18.2 Å². The van der Waals surface area contributed by atoms with E-state index >= 15 is 13.7 Å². The van der Waals surface area contributed by atoms with Gasteiger partial charge in [-0.2, -0.15) is 0 Å². The van der Waals surface area contributed by atoms with E-state index in [1.165, 1.54) is 0 Å². The van der Waals surface area contributed by atoms with Gasteiger partial charge in [0.15, 0.2) is 21.4 Å². The minimum atomic E-state index is -3.63. The number of benzene rings is 9. The van der Waals surface area contributed by atoms with E-state index in [9.17, 15) is 0 Å². The molecule has 0 spiro atoms. The summed E-state index contributed by atoms with van der Waals surface area (Å²) in [6, 6.07) is 72.5. The van der Waals surface area contributed by atoms with Crippen LogP contribution in [0.15, 0.2) is 237 Å². The summed E-state index contributed by atoms with van der Waals surface area (Å²) in [5.41, 5.74) is 2.84. The summed E-state index contributed by atoms with van der Waals surface area (Å²) < 4.78 is 68.7. The first-order chi connectivity index (χ1) is 36.6. The summed E-state index contributed by atoms with van der Waals surface area (Å²) in [6.07, 6.45) is 2.01. The number of aryl methyl sites for hydroxylation is 3. The first kappa shape index (κ1) is 50.6. The van der Waals surface area contributed by atoms with Gasteiger partial charge in [-0.05, 0) is 72.4 Å². The Morgan fingerprint density at radius 1 is 0.293 bits per heavy atom. The van der Waals surface area contributed by atoms with Crippen LogP contribution in [-0.2, 0) is 33.0 Å². The van der Waals surface area contributed by atoms with Crippen LogP contribution in [0.3, 0.4) is 0 Å². The Kier molecular flexibility index (Phi) is 15.0. The van der Waals surface area contributed by atoms with Crippen LogP contribution in [0, 0.1) is 0 Å². The Balaban J connectivity index is 1.18. The highest BCUT2D eigenvalue weighted by Gasteiger charge is 2.37. The molecule has 0 saturated carbocycles. The van der Waals surface area contributed by atoms with E-state index in [0.29, 0.717) is 67.0 Å². The second-order valence-electron chi connectivity index (χ2n) is 17.8. The molecule has 0 atom stereocenters. The second kappa shape index (κ2) is 22.3. The maximum atomic E-state index is 16.1. The van der Waals surface area contributed by atoms with Crippen molar-refractivity contribution in [1.82, 2.24) is 15.0 Å². The molecule has 0 aliphatic rings. The van der Waals surface area contributed by atoms with E-state index < -0.39 is 21.4 Å². The van der Waals surface area contributed by atoms with Crippen molar-refractivity contribution in [3.63, 3.8) is 0 Å². The third kappa shape index (κ3) is 10.2. The summed E-state index contributed by atoms with van der Waals surface area (Å²) in [7, 11) is -10.9. The van der Waals surface area contributed by atoms with Gasteiger partial charge in [-0.3, -0.25) is 0 Å². The Bertz CT molecular complexity index is 3210. The van der Waals surface area contributed by atoms with Gasteiger partial charge in [0.1, 0.15) is 17.2 Å². The lowest BCUT2D eigenvalue weighted by atomic mass is 10.2. The van der Waals surface area contributed by atoms with Crippen molar-refractivity contribution in [1.29, 1.82) is 0 Å². The molecule has 10 rings (SSSR count). The molecule has 12 heteroatoms. The molecule has 9 nitrogen and oxygen atoms in total. The fourth-order valence-electron chi connectivity index (χ4n) is 9.21. The van der Waals surface area contributed by atoms with E-state index in [-0.39, 0.29) is 35.3 Å². The highest BCUT2D eigenvalue weighted by atomic mass is 31.2. The SMILES string of the molecule is CCc1ccc(Oc2nc(Oc3ccc(CC)cc3P(=O)(c3ccccc3)c3ccccc3)nc(Oc3ccc(CC)cc3P(=O)(c3ccccc3)c3ccccc3)n2)c(P(=O)(c2ccccc2)c2ccccc2)c1. The molecule has 0 radical (unpaired) electrons. The molecule has 0 saturated heterocycles. The molecule has 372 valence electrons. The Morgan fingerprint density at radius 2 is 0.493 bits per heavy atom. The number of hydrogen-bond acceptors (Lipinski definition) is 9. The summed E-state index contributed by atoms with van der Waals surface area (Å²) in [4.78, 5) is 14.4. The van der Waals surface area contributed by atoms with Crippen molar-refractivity contribution in [3.8, 4) is 35.3 Å². The molecule has 0 aliphatic carbocycles. The lowest BCUT2D eigenvalue weighted by Gasteiger charge is -2.24. The lowest BCUT2D eigenvalue weighted by Crippen LogP contribution is -2.27. The quantitative estimate of drug-likeness (QED) is 0.0774. The summed E-state index contributed by atoms with van der Waals surface area (Å²) in [6.45, 7) is 6.13. The van der Waals surface area contributed by atoms with Crippen LogP contribution >= 0.6 is 21.4 Å². The molecule has 75 heavy (non-hydrogen) atoms. The molecule has 9 aromatic carbocycles. The van der Waals surface area contributed by atoms with Gasteiger partial charge in [0.05, 0.1) is 15.9 Å². The standard InChI is InChI=1S/C63H54N3O6P3/c1-4-46-37-40-55(58(43-46)73(67,49-25-13-7-14-26-49)50-27-15-8-16-28-50)70-61-64-62(71-56-41-38-47(5-2)44-59(56)74(68,51-29-17-9-18-30-51)52-31-19-10-20-32-52)66-63(65-61)72-57-42-39-48(6-3)45-60(57)75(69,53-33-21-11-22-34-53)54-35-23-12-24-36-54/h7-45H,4-6H2,1-3H3. The molecule has 0 amide bonds. The maximum Gasteiger partial charge on any atom is 0.331 e. The van der Waals surface area contributed by atoms with Gasteiger partial charge in [0, 0.05) is 31.8 Å². The smallest absolute Gasteiger partial charge is 0.331 e. The number of nitrogens with zero attached hydrogens (tertiary/aromatic N) is 3. The zero-order valence-electron chi connectivity index (χ0n) is 41.8. The third-order valence-corrected chi connectivity index (χ3v) is 22.4. The molecule has 0 fully saturated rings. The van der Waals surface area contributed by atoms with Gasteiger partial charge >= 0.3 is 18.0 Å². The molecule has 1 heterocycles. The van der Waals surface area contributed by atoms with Gasteiger partial charge in [0.2, 0.25) is 0 Å². The summed E-state index contributed by atoms with van der Waals surface area (Å²) >= 11 is 0. The van der Waals surface area contributed by atoms with Gasteiger partial charge in [-0.1, -0.05) is 221 Å². The molecular formula is C63H54N3O6P3. The first-order valence-electron chi connectivity index (χ1n) is 25.0. The van der Waals surface area contributed by atoms with Gasteiger partial charge in [-0.15, -0.1) is 15.0 Å². The van der Waals surface area contributed by atoms with Crippen molar-refractivity contribution in [2.75, 3.05) is 0 Å². The molecule has 1 aromatic heterocycles. The average Bonchev–Trinajstić information content (AvgIpc) is 3.48. The minimum absolute atomic E-state index is 0.239. The number of rotatable bonds is 18. The minimum Gasteiger partial charge on any atom is -0.423 e. The van der Waals surface area contributed by atoms with Crippen LogP contribution in [0.4, 0.5) is 0 Å². The topological polar surface area (TPSA) is 118 Å². The Labute approximate surface area is 438 Å². The third-order valence-electron chi connectivity index (χ3n) is 13.2. The van der Waals surface area contributed by atoms with E-state index in [0.717, 1.165) is 16.7 Å². The predicted molar refractivity (Wildman–Crippen MR) is 306 cm³/mol. The fourth-order valence-corrected chi connectivity index (χ4v) is 17.7. The number of aromatic nitrogens is 3. The van der Waals surface area contributed by atoms with Gasteiger partial charge in [-0.25, -0.2) is 0 Å². The van der Waals surface area contributed by atoms with Crippen LogP contribution in [-0.4, -0.2) is 15.0 Å². The molecule has 0 N–H and O–H groups in total. The van der Waals surface area contributed by atoms with Crippen molar-refractivity contribution in [2.24, 2.45) is 0 Å². The van der Waals surface area contributed by atoms with Crippen LogP contribution in [0.1, 0.15) is 37.5 Å². The molecular weight excluding hydrogens is 988 g/mol. The Morgan fingerprint density at radius 3 is 0.680 bits per heavy atom. The summed E-state index contributed by atoms with van der Waals surface area (Å²) in [5, 5.41) is 5.03. The van der Waals surface area contributed by atoms with E-state index in [2.05, 4.69) is 0 Å². The maximum absolute atomic E-state index is 16.1. The van der Waals surface area contributed by atoms with Crippen LogP contribution in [0.5, 0.6) is 35.3 Å². The fraction of sp³-hybridized carbons (Fsp3) is 0.0952. The normalized spacial score (nSPS) is 11.7. The van der Waals surface area contributed by atoms with Crippen molar-refractivity contribution >= 4 is 69.2 Å². The molecule has 0 unspecified atom stereocenters. The highest BCUT2D eigenvalue weighted by molar-refractivity contribution is 7.86. The number of hydrogen-bond donors (Lipinski definition) is 0. The largest absolute Gasteiger partial charge is 0.423 e. The van der Waals surface area contributed by atoms with E-state index in [4.69, 9.17) is 29.2 Å². The van der Waals surface area contributed by atoms with Crippen molar-refractivity contribution < 1.29 is 27.9 Å². The van der Waals surface area contributed by atoms with Crippen LogP contribution < -0.4 is 62.0 Å². The molecule has 0 bridgehead atoms. The first-order valence-corrected chi connectivity index (χ1v) is 30.1. The summed E-state index contributed by atoms with van der Waals surface area (Å²) in [5.74, 6) is 0.716. The van der Waals surface area contributed by atoms with Crippen LogP contribution in [0.25, 0.3) is 0 Å². The molecule has 0 aliphatic heterocycles. The van der Waals surface area contributed by atoms with Crippen LogP contribution in [0.2, 0.25) is 0 Å². The second-order valence-corrected chi connectivity index (χ2v) is 26.0. The lowest BCUT2D eigenvalue weighted by molar-refractivity contribution is 0.364. The predicted octanol–water partition coefficient (Wildman–Crippen LogP) is 11.9. The zero-order valence-corrected chi connectivity index (χ0v) is 44.5. The highest BCUT2D eigenvalue weighted by Crippen LogP contribution is 2.49. The average molecular weight is 1040 g/mol. The van der Waals surface area contributed by atoms with Crippen molar-refractivity contribution in [2.45, 2.75) is 40.0 Å². The van der Waals surface area contributed by atoms with Gasteiger partial charge < -0.3 is 27.9 Å². The molecule has 10 aromatic rings. The zero-order chi connectivity index (χ0) is 51.8. The van der Waals surface area contributed by atoms with E-state index in [1.807, 2.05) is 239 Å². The van der Waals surface area contributed by atoms with Gasteiger partial charge in [0.25, 0.3) is 0 Å². The Hall–Kier alpha value is -7.92.